The first kappa shape index (κ1) is 13.5. The van der Waals surface area contributed by atoms with E-state index >= 15 is 0 Å². The molecule has 2 N–H and O–H groups in total. The molecule has 6 heteroatoms. The molecule has 1 atom stereocenters. The van der Waals surface area contributed by atoms with E-state index in [2.05, 4.69) is 0 Å². The van der Waals surface area contributed by atoms with Crippen molar-refractivity contribution in [2.24, 2.45) is 5.73 Å². The van der Waals surface area contributed by atoms with Crippen LogP contribution in [0.3, 0.4) is 0 Å². The van der Waals surface area contributed by atoms with Crippen molar-refractivity contribution in [3.8, 4) is 0 Å². The van der Waals surface area contributed by atoms with Gasteiger partial charge < -0.3 is 5.73 Å². The minimum atomic E-state index is -3.44. The number of sulfone groups is 1. The molecule has 0 spiro atoms. The van der Waals surface area contributed by atoms with Crippen molar-refractivity contribution in [3.05, 3.63) is 23.5 Å². The molecule has 0 radical (unpaired) electrons. The van der Waals surface area contributed by atoms with Crippen molar-refractivity contribution in [2.45, 2.75) is 22.8 Å². The molecule has 1 rings (SSSR count). The van der Waals surface area contributed by atoms with Crippen LogP contribution in [0.2, 0.25) is 0 Å². The third-order valence-electron chi connectivity index (χ3n) is 2.16. The van der Waals surface area contributed by atoms with E-state index in [-0.39, 0.29) is 9.79 Å². The molecule has 1 unspecified atom stereocenters. The van der Waals surface area contributed by atoms with Crippen LogP contribution < -0.4 is 5.73 Å². The fourth-order valence-electron chi connectivity index (χ4n) is 1.32. The number of nitrogens with two attached hydrogens (primary N) is 1. The molecule has 0 aliphatic heterocycles. The first-order chi connectivity index (χ1) is 7.27. The molecule has 0 aromatic heterocycles. The van der Waals surface area contributed by atoms with E-state index < -0.39 is 21.7 Å². The first-order valence-corrected chi connectivity index (χ1v) is 7.72. The van der Waals surface area contributed by atoms with E-state index in [0.29, 0.717) is 5.56 Å². The Morgan fingerprint density at radius 1 is 1.44 bits per heavy atom. The van der Waals surface area contributed by atoms with Crippen LogP contribution in [0.5, 0.6) is 0 Å². The van der Waals surface area contributed by atoms with Crippen LogP contribution in [0.1, 0.15) is 18.5 Å². The molecule has 1 aromatic carbocycles. The van der Waals surface area contributed by atoms with Gasteiger partial charge in [0.05, 0.1) is 9.79 Å². The van der Waals surface area contributed by atoms with Crippen molar-refractivity contribution in [3.63, 3.8) is 0 Å². The normalized spacial score (nSPS) is 13.8. The molecule has 0 saturated carbocycles. The van der Waals surface area contributed by atoms with Gasteiger partial charge in [-0.25, -0.2) is 12.8 Å². The molecule has 0 bridgehead atoms. The maximum atomic E-state index is 13.7. The van der Waals surface area contributed by atoms with Crippen molar-refractivity contribution in [1.29, 1.82) is 0 Å². The van der Waals surface area contributed by atoms with Crippen LogP contribution in [0, 0.1) is 5.82 Å². The Morgan fingerprint density at radius 2 is 2.00 bits per heavy atom. The molecule has 1 aromatic rings. The third-order valence-corrected chi connectivity index (χ3v) is 4.23. The molecule has 0 aliphatic carbocycles. The number of hydrogen-bond acceptors (Lipinski definition) is 4. The van der Waals surface area contributed by atoms with Crippen LogP contribution in [-0.4, -0.2) is 20.9 Å². The molecule has 0 heterocycles. The van der Waals surface area contributed by atoms with Gasteiger partial charge in [-0.3, -0.25) is 0 Å². The standard InChI is InChI=1S/C10H14FNO2S2/c1-6(12)7-4-8(11)10(15-2)9(5-7)16(3,13)14/h4-6H,12H2,1-3H3. The minimum absolute atomic E-state index is 0.00676. The minimum Gasteiger partial charge on any atom is -0.324 e. The molecule has 0 saturated heterocycles. The molecule has 0 aliphatic rings. The summed E-state index contributed by atoms with van der Waals surface area (Å²) in [4.78, 5) is 0.152. The van der Waals surface area contributed by atoms with Gasteiger partial charge in [0.15, 0.2) is 9.84 Å². The van der Waals surface area contributed by atoms with Crippen molar-refractivity contribution >= 4 is 21.6 Å². The van der Waals surface area contributed by atoms with Crippen LogP contribution in [0.25, 0.3) is 0 Å². The summed E-state index contributed by atoms with van der Waals surface area (Å²) in [6.45, 7) is 1.68. The molecule has 3 nitrogen and oxygen atoms in total. The summed E-state index contributed by atoms with van der Waals surface area (Å²) >= 11 is 1.07. The Bertz CT molecular complexity index is 498. The SMILES string of the molecule is CSc1c(F)cc(C(C)N)cc1S(C)(=O)=O. The summed E-state index contributed by atoms with van der Waals surface area (Å²) in [5.41, 5.74) is 6.10. The highest BCUT2D eigenvalue weighted by atomic mass is 32.2. The Hall–Kier alpha value is -0.590. The second-order valence-electron chi connectivity index (χ2n) is 3.59. The molecule has 0 amide bonds. The van der Waals surface area contributed by atoms with Crippen LogP contribution in [0.15, 0.2) is 21.9 Å². The second-order valence-corrected chi connectivity index (χ2v) is 6.40. The largest absolute Gasteiger partial charge is 0.324 e. The highest BCUT2D eigenvalue weighted by Gasteiger charge is 2.19. The average molecular weight is 263 g/mol. The summed E-state index contributed by atoms with van der Waals surface area (Å²) in [7, 11) is -3.44. The Kier molecular flexibility index (Phi) is 3.98. The van der Waals surface area contributed by atoms with Gasteiger partial charge in [0.25, 0.3) is 0 Å². The van der Waals surface area contributed by atoms with Crippen molar-refractivity contribution in [2.75, 3.05) is 12.5 Å². The predicted molar refractivity (Wildman–Crippen MR) is 63.9 cm³/mol. The Labute approximate surface area is 99.1 Å². The van der Waals surface area contributed by atoms with E-state index in [0.717, 1.165) is 18.0 Å². The van der Waals surface area contributed by atoms with E-state index in [1.807, 2.05) is 0 Å². The van der Waals surface area contributed by atoms with E-state index in [1.165, 1.54) is 12.1 Å². The predicted octanol–water partition coefficient (Wildman–Crippen LogP) is 1.97. The third kappa shape index (κ3) is 2.75. The lowest BCUT2D eigenvalue weighted by atomic mass is 10.1. The highest BCUT2D eigenvalue weighted by molar-refractivity contribution is 7.99. The lowest BCUT2D eigenvalue weighted by molar-refractivity contribution is 0.573. The second kappa shape index (κ2) is 4.73. The number of halogens is 1. The van der Waals surface area contributed by atoms with Gasteiger partial charge in [-0.15, -0.1) is 11.8 Å². The van der Waals surface area contributed by atoms with Gasteiger partial charge in [-0.1, -0.05) is 0 Å². The summed E-state index contributed by atoms with van der Waals surface area (Å²) in [5, 5.41) is 0. The van der Waals surface area contributed by atoms with Crippen LogP contribution in [-0.2, 0) is 9.84 Å². The molecule has 0 fully saturated rings. The lowest BCUT2D eigenvalue weighted by Crippen LogP contribution is -2.09. The Balaban J connectivity index is 3.56. The van der Waals surface area contributed by atoms with Gasteiger partial charge in [-0.2, -0.15) is 0 Å². The Morgan fingerprint density at radius 3 is 2.38 bits per heavy atom. The first-order valence-electron chi connectivity index (χ1n) is 4.60. The molecule has 90 valence electrons. The quantitative estimate of drug-likeness (QED) is 0.847. The average Bonchev–Trinajstić information content (AvgIpc) is 2.14. The highest BCUT2D eigenvalue weighted by Crippen LogP contribution is 2.30. The topological polar surface area (TPSA) is 60.2 Å². The monoisotopic (exact) mass is 263 g/mol. The summed E-state index contributed by atoms with van der Waals surface area (Å²) in [6.07, 6.45) is 2.70. The fraction of sp³-hybridized carbons (Fsp3) is 0.400. The maximum Gasteiger partial charge on any atom is 0.176 e. The molecular formula is C10H14FNO2S2. The number of thioether (sulfide) groups is 1. The van der Waals surface area contributed by atoms with Gasteiger partial charge in [0, 0.05) is 12.3 Å². The van der Waals surface area contributed by atoms with E-state index in [9.17, 15) is 12.8 Å². The summed E-state index contributed by atoms with van der Waals surface area (Å²) < 4.78 is 36.7. The zero-order valence-electron chi connectivity index (χ0n) is 9.32. The van der Waals surface area contributed by atoms with Gasteiger partial charge in [0.2, 0.25) is 0 Å². The van der Waals surface area contributed by atoms with Crippen LogP contribution >= 0.6 is 11.8 Å². The van der Waals surface area contributed by atoms with Gasteiger partial charge >= 0.3 is 0 Å². The van der Waals surface area contributed by atoms with Gasteiger partial charge in [0.1, 0.15) is 5.82 Å². The molecule has 16 heavy (non-hydrogen) atoms. The van der Waals surface area contributed by atoms with Crippen molar-refractivity contribution < 1.29 is 12.8 Å². The lowest BCUT2D eigenvalue weighted by Gasteiger charge is -2.12. The van der Waals surface area contributed by atoms with Crippen LogP contribution in [0.4, 0.5) is 4.39 Å². The van der Waals surface area contributed by atoms with E-state index in [1.54, 1.807) is 13.2 Å². The summed E-state index contributed by atoms with van der Waals surface area (Å²) in [5.74, 6) is -0.539. The van der Waals surface area contributed by atoms with Gasteiger partial charge in [-0.05, 0) is 30.9 Å². The van der Waals surface area contributed by atoms with E-state index in [4.69, 9.17) is 5.73 Å². The fourth-order valence-corrected chi connectivity index (χ4v) is 3.33. The zero-order valence-corrected chi connectivity index (χ0v) is 11.0. The number of rotatable bonds is 3. The maximum absolute atomic E-state index is 13.7. The number of benzene rings is 1. The summed E-state index contributed by atoms with van der Waals surface area (Å²) in [6, 6.07) is 2.33. The van der Waals surface area contributed by atoms with Crippen molar-refractivity contribution in [1.82, 2.24) is 0 Å². The number of hydrogen-bond donors (Lipinski definition) is 1. The smallest absolute Gasteiger partial charge is 0.176 e. The molecular weight excluding hydrogens is 249 g/mol. The zero-order chi connectivity index (χ0) is 12.5.